The SMILES string of the molecule is COc1ccc(-c2cc(=[NH+]CC3CCCO3)c3cc(O)ccc3o2)cc1.[O-][Cl+3]([O-])([O-])[O-]. The van der Waals surface area contributed by atoms with Gasteiger partial charge in [-0.25, -0.2) is 23.6 Å². The molecule has 10 heteroatoms. The number of halogens is 1. The zero-order valence-electron chi connectivity index (χ0n) is 16.7. The second kappa shape index (κ2) is 10.1. The molecule has 0 amide bonds. The highest BCUT2D eigenvalue weighted by atomic mass is 35.7. The Bertz CT molecular complexity index is 1060. The van der Waals surface area contributed by atoms with Gasteiger partial charge in [0.25, 0.3) is 0 Å². The fraction of sp³-hybridized carbons (Fsp3) is 0.286. The molecule has 1 atom stereocenters. The molecule has 0 spiro atoms. The summed E-state index contributed by atoms with van der Waals surface area (Å²) < 4.78 is 51.0. The minimum atomic E-state index is -4.94. The molecule has 2 N–H and O–H groups in total. The average Bonchev–Trinajstić information content (AvgIpc) is 3.24. The van der Waals surface area contributed by atoms with E-state index in [0.717, 1.165) is 53.8 Å². The first-order valence-corrected chi connectivity index (χ1v) is 10.7. The Morgan fingerprint density at radius 2 is 1.81 bits per heavy atom. The van der Waals surface area contributed by atoms with Gasteiger partial charge in [-0.15, -0.1) is 10.2 Å². The molecule has 1 aliphatic rings. The van der Waals surface area contributed by atoms with Crippen molar-refractivity contribution >= 4 is 11.0 Å². The smallest absolute Gasteiger partial charge is 0.213 e. The molecule has 0 saturated carbocycles. The fourth-order valence-electron chi connectivity index (χ4n) is 3.25. The molecule has 3 aromatic rings. The van der Waals surface area contributed by atoms with Crippen molar-refractivity contribution in [2.75, 3.05) is 20.3 Å². The van der Waals surface area contributed by atoms with E-state index in [-0.39, 0.29) is 11.9 Å². The highest BCUT2D eigenvalue weighted by Gasteiger charge is 2.18. The Morgan fingerprint density at radius 1 is 1.10 bits per heavy atom. The number of phenolic OH excluding ortho intramolecular Hbond substituents is 1. The largest absolute Gasteiger partial charge is 0.508 e. The van der Waals surface area contributed by atoms with E-state index in [1.54, 1.807) is 25.3 Å². The van der Waals surface area contributed by atoms with E-state index >= 15 is 0 Å². The molecule has 1 aliphatic heterocycles. The molecular formula is C21H22ClNO8. The van der Waals surface area contributed by atoms with Crippen molar-refractivity contribution in [1.29, 1.82) is 0 Å². The highest BCUT2D eigenvalue weighted by Crippen LogP contribution is 2.25. The third-order valence-corrected chi connectivity index (χ3v) is 4.67. The minimum absolute atomic E-state index is 0.213. The summed E-state index contributed by atoms with van der Waals surface area (Å²) in [5.41, 5.74) is 1.67. The molecule has 0 aliphatic carbocycles. The summed E-state index contributed by atoms with van der Waals surface area (Å²) >= 11 is 0. The van der Waals surface area contributed by atoms with Gasteiger partial charge in [-0.2, -0.15) is 0 Å². The molecule has 9 nitrogen and oxygen atoms in total. The summed E-state index contributed by atoms with van der Waals surface area (Å²) in [6.45, 7) is 1.56. The molecule has 1 unspecified atom stereocenters. The molecule has 0 radical (unpaired) electrons. The molecule has 1 aromatic heterocycles. The standard InChI is InChI=1S/C21H21NO4.ClHO4/c1-24-16-7-4-14(5-8-16)21-12-19(22-13-17-3-2-10-25-17)18-11-15(23)6-9-20(18)26-21;2-1(3,4)5/h4-9,11-12,17,23H,2-3,10,13H2,1H3;(H,2,3,4,5). The zero-order chi connectivity index (χ0) is 22.4. The number of hydrogen-bond donors (Lipinski definition) is 2. The highest BCUT2D eigenvalue weighted by molar-refractivity contribution is 5.79. The van der Waals surface area contributed by atoms with E-state index in [0.29, 0.717) is 5.58 Å². The summed E-state index contributed by atoms with van der Waals surface area (Å²) in [5, 5.41) is 11.6. The maximum absolute atomic E-state index is 9.87. The molecule has 2 aromatic carbocycles. The van der Waals surface area contributed by atoms with Gasteiger partial charge in [0.1, 0.15) is 28.9 Å². The van der Waals surface area contributed by atoms with E-state index in [1.807, 2.05) is 30.3 Å². The summed E-state index contributed by atoms with van der Waals surface area (Å²) in [5.74, 6) is 1.77. The van der Waals surface area contributed by atoms with E-state index in [1.165, 1.54) is 0 Å². The number of aromatic hydroxyl groups is 1. The quantitative estimate of drug-likeness (QED) is 0.431. The van der Waals surface area contributed by atoms with Crippen molar-refractivity contribution in [3.63, 3.8) is 0 Å². The van der Waals surface area contributed by atoms with Gasteiger partial charge in [-0.3, -0.25) is 0 Å². The lowest BCUT2D eigenvalue weighted by Crippen LogP contribution is -2.79. The number of fused-ring (bicyclic) bond motifs is 1. The minimum Gasteiger partial charge on any atom is -0.508 e. The first kappa shape index (κ1) is 23.0. The number of rotatable bonds is 4. The molecule has 1 fully saturated rings. The van der Waals surface area contributed by atoms with Gasteiger partial charge in [-0.05, 0) is 55.3 Å². The maximum Gasteiger partial charge on any atom is 0.213 e. The average molecular weight is 452 g/mol. The van der Waals surface area contributed by atoms with Crippen LogP contribution >= 0.6 is 0 Å². The summed E-state index contributed by atoms with van der Waals surface area (Å²) in [7, 11) is -3.30. The van der Waals surface area contributed by atoms with Crippen molar-refractivity contribution in [2.45, 2.75) is 18.9 Å². The van der Waals surface area contributed by atoms with Crippen LogP contribution in [0.2, 0.25) is 0 Å². The van der Waals surface area contributed by atoms with E-state index in [2.05, 4.69) is 4.99 Å². The van der Waals surface area contributed by atoms with Crippen LogP contribution in [0.15, 0.2) is 52.9 Å². The Balaban J connectivity index is 0.000000491. The van der Waals surface area contributed by atoms with Crippen LogP contribution in [-0.2, 0) is 4.74 Å². The number of nitrogens with one attached hydrogen (secondary N) is 1. The van der Waals surface area contributed by atoms with Crippen LogP contribution in [0.4, 0.5) is 0 Å². The van der Waals surface area contributed by atoms with Crippen molar-refractivity contribution in [3.8, 4) is 22.8 Å². The van der Waals surface area contributed by atoms with Gasteiger partial charge < -0.3 is 19.0 Å². The third kappa shape index (κ3) is 6.93. The second-order valence-corrected chi connectivity index (χ2v) is 7.58. The summed E-state index contributed by atoms with van der Waals surface area (Å²) in [6, 6.07) is 14.9. The van der Waals surface area contributed by atoms with Crippen LogP contribution in [0.5, 0.6) is 11.5 Å². The predicted molar refractivity (Wildman–Crippen MR) is 97.8 cm³/mol. The van der Waals surface area contributed by atoms with E-state index in [4.69, 9.17) is 32.5 Å². The Hall–Kier alpha value is -2.66. The van der Waals surface area contributed by atoms with Crippen molar-refractivity contribution in [3.05, 3.63) is 53.9 Å². The van der Waals surface area contributed by atoms with Gasteiger partial charge in [0.05, 0.1) is 18.6 Å². The second-order valence-electron chi connectivity index (χ2n) is 6.83. The van der Waals surface area contributed by atoms with Crippen LogP contribution in [0.3, 0.4) is 0 Å². The zero-order valence-corrected chi connectivity index (χ0v) is 17.5. The van der Waals surface area contributed by atoms with Crippen molar-refractivity contribution in [2.24, 2.45) is 0 Å². The number of hydrogen-bond acceptors (Lipinski definition) is 8. The molecule has 31 heavy (non-hydrogen) atoms. The van der Waals surface area contributed by atoms with Crippen LogP contribution in [0.1, 0.15) is 12.8 Å². The van der Waals surface area contributed by atoms with Crippen LogP contribution in [0, 0.1) is 10.2 Å². The molecule has 4 rings (SSSR count). The lowest BCUT2D eigenvalue weighted by molar-refractivity contribution is -2.00. The van der Waals surface area contributed by atoms with Gasteiger partial charge in [-0.1, -0.05) is 0 Å². The normalized spacial score (nSPS) is 16.8. The van der Waals surface area contributed by atoms with Gasteiger partial charge >= 0.3 is 0 Å². The molecule has 166 valence electrons. The number of phenols is 1. The maximum atomic E-state index is 9.87. The predicted octanol–water partition coefficient (Wildman–Crippen LogP) is -2.78. The van der Waals surface area contributed by atoms with Gasteiger partial charge in [0, 0.05) is 12.2 Å². The fourth-order valence-corrected chi connectivity index (χ4v) is 3.25. The van der Waals surface area contributed by atoms with E-state index < -0.39 is 10.2 Å². The van der Waals surface area contributed by atoms with Crippen molar-refractivity contribution < 1.29 is 52.9 Å². The summed E-state index contributed by atoms with van der Waals surface area (Å²) in [6.07, 6.45) is 2.40. The Labute approximate surface area is 180 Å². The van der Waals surface area contributed by atoms with Crippen LogP contribution in [0.25, 0.3) is 22.3 Å². The van der Waals surface area contributed by atoms with Gasteiger partial charge in [0.15, 0.2) is 6.54 Å². The molecule has 1 saturated heterocycles. The van der Waals surface area contributed by atoms with E-state index in [9.17, 15) is 5.11 Å². The first-order valence-electron chi connectivity index (χ1n) is 9.44. The summed E-state index contributed by atoms with van der Waals surface area (Å²) in [4.78, 5) is 3.47. The monoisotopic (exact) mass is 451 g/mol. The first-order chi connectivity index (χ1) is 14.7. The Kier molecular flexibility index (Phi) is 7.50. The lowest BCUT2D eigenvalue weighted by atomic mass is 10.1. The topological polar surface area (TPSA) is 158 Å². The molecular weight excluding hydrogens is 430 g/mol. The number of ether oxygens (including phenoxy) is 2. The third-order valence-electron chi connectivity index (χ3n) is 4.67. The van der Waals surface area contributed by atoms with Gasteiger partial charge in [0.2, 0.25) is 5.36 Å². The van der Waals surface area contributed by atoms with Crippen molar-refractivity contribution in [1.82, 2.24) is 0 Å². The molecule has 2 heterocycles. The number of methoxy groups -OCH3 is 1. The molecule has 0 bridgehead atoms. The number of benzene rings is 2. The lowest BCUT2D eigenvalue weighted by Gasteiger charge is -2.17. The van der Waals surface area contributed by atoms with Crippen LogP contribution in [-0.4, -0.2) is 31.5 Å². The van der Waals surface area contributed by atoms with Crippen LogP contribution < -0.4 is 33.7 Å². The Morgan fingerprint density at radius 3 is 2.42 bits per heavy atom.